The van der Waals surface area contributed by atoms with E-state index in [2.05, 4.69) is 17.3 Å². The minimum absolute atomic E-state index is 0.555. The van der Waals surface area contributed by atoms with Crippen LogP contribution in [-0.4, -0.2) is 4.98 Å². The largest absolute Gasteiger partial charge is 0.245 e. The van der Waals surface area contributed by atoms with Crippen molar-refractivity contribution in [1.29, 1.82) is 0 Å². The molecule has 1 aliphatic rings. The van der Waals surface area contributed by atoms with Crippen LogP contribution in [0.3, 0.4) is 0 Å². The minimum Gasteiger partial charge on any atom is -0.245 e. The first-order valence-electron chi connectivity index (χ1n) is 5.30. The molecule has 14 heavy (non-hydrogen) atoms. The number of alkyl halides is 1. The van der Waals surface area contributed by atoms with E-state index in [-0.39, 0.29) is 0 Å². The van der Waals surface area contributed by atoms with Crippen LogP contribution in [0.15, 0.2) is 5.38 Å². The van der Waals surface area contributed by atoms with Crippen LogP contribution in [-0.2, 0) is 5.88 Å². The molecule has 0 N–H and O–H groups in total. The van der Waals surface area contributed by atoms with Crippen LogP contribution in [0.1, 0.15) is 49.2 Å². The fourth-order valence-electron chi connectivity index (χ4n) is 2.08. The third-order valence-corrected chi connectivity index (χ3v) is 4.40. The molecule has 0 atom stereocenters. The fourth-order valence-corrected chi connectivity index (χ4v) is 3.30. The van der Waals surface area contributed by atoms with Crippen molar-refractivity contribution in [2.24, 2.45) is 5.92 Å². The number of rotatable bonds is 2. The molecule has 0 aliphatic heterocycles. The zero-order chi connectivity index (χ0) is 9.97. The lowest BCUT2D eigenvalue weighted by Crippen LogP contribution is -2.10. The van der Waals surface area contributed by atoms with Gasteiger partial charge in [0.1, 0.15) is 0 Å². The summed E-state index contributed by atoms with van der Waals surface area (Å²) in [6, 6.07) is 0. The molecule has 0 amide bonds. The Bertz CT molecular complexity index is 289. The predicted octanol–water partition coefficient (Wildman–Crippen LogP) is 4.18. The monoisotopic (exact) mass is 229 g/mol. The number of hydrogen-bond donors (Lipinski definition) is 0. The van der Waals surface area contributed by atoms with E-state index in [1.807, 2.05) is 0 Å². The average Bonchev–Trinajstić information content (AvgIpc) is 2.67. The van der Waals surface area contributed by atoms with Crippen LogP contribution in [0.5, 0.6) is 0 Å². The molecule has 0 bridgehead atoms. The van der Waals surface area contributed by atoms with E-state index in [0.717, 1.165) is 11.6 Å². The van der Waals surface area contributed by atoms with Crippen LogP contribution >= 0.6 is 22.9 Å². The molecule has 0 aromatic carbocycles. The van der Waals surface area contributed by atoms with Gasteiger partial charge < -0.3 is 0 Å². The van der Waals surface area contributed by atoms with Crippen LogP contribution in [0.4, 0.5) is 0 Å². The van der Waals surface area contributed by atoms with Crippen LogP contribution < -0.4 is 0 Å². The quantitative estimate of drug-likeness (QED) is 0.694. The lowest BCUT2D eigenvalue weighted by atomic mass is 9.83. The summed E-state index contributed by atoms with van der Waals surface area (Å²) in [6.45, 7) is 2.35. The number of nitrogens with zero attached hydrogens (tertiary/aromatic N) is 1. The smallest absolute Gasteiger partial charge is 0.0959 e. The highest BCUT2D eigenvalue weighted by Gasteiger charge is 2.21. The molecule has 0 spiro atoms. The average molecular weight is 230 g/mol. The summed E-state index contributed by atoms with van der Waals surface area (Å²) < 4.78 is 0. The Morgan fingerprint density at radius 2 is 2.14 bits per heavy atom. The van der Waals surface area contributed by atoms with Gasteiger partial charge >= 0.3 is 0 Å². The standard InChI is InChI=1S/C11H16ClNS/c1-8-2-4-9(5-3-8)11-13-10(6-12)7-14-11/h7-9H,2-6H2,1H3. The van der Waals surface area contributed by atoms with Gasteiger partial charge in [0.05, 0.1) is 16.6 Å². The SMILES string of the molecule is CC1CCC(c2nc(CCl)cs2)CC1. The number of hydrogen-bond acceptors (Lipinski definition) is 2. The Kier molecular flexibility index (Phi) is 3.45. The Hall–Kier alpha value is -0.0800. The lowest BCUT2D eigenvalue weighted by Gasteiger charge is -2.24. The van der Waals surface area contributed by atoms with Gasteiger partial charge in [-0.3, -0.25) is 0 Å². The van der Waals surface area contributed by atoms with E-state index >= 15 is 0 Å². The Morgan fingerprint density at radius 1 is 1.43 bits per heavy atom. The van der Waals surface area contributed by atoms with Gasteiger partial charge in [-0.25, -0.2) is 4.98 Å². The van der Waals surface area contributed by atoms with Gasteiger partial charge in [-0.1, -0.05) is 19.8 Å². The molecule has 1 heterocycles. The maximum atomic E-state index is 5.75. The highest BCUT2D eigenvalue weighted by molar-refractivity contribution is 7.09. The van der Waals surface area contributed by atoms with Crippen molar-refractivity contribution in [3.05, 3.63) is 16.1 Å². The van der Waals surface area contributed by atoms with Gasteiger partial charge in [-0.2, -0.15) is 0 Å². The lowest BCUT2D eigenvalue weighted by molar-refractivity contribution is 0.347. The van der Waals surface area contributed by atoms with Gasteiger partial charge in [0, 0.05) is 11.3 Å². The second kappa shape index (κ2) is 4.63. The Balaban J connectivity index is 2.01. The van der Waals surface area contributed by atoms with Gasteiger partial charge in [-0.05, 0) is 18.8 Å². The summed E-state index contributed by atoms with van der Waals surface area (Å²) in [6.07, 6.45) is 5.35. The van der Waals surface area contributed by atoms with E-state index in [4.69, 9.17) is 11.6 Å². The molecule has 78 valence electrons. The maximum absolute atomic E-state index is 5.75. The van der Waals surface area contributed by atoms with Gasteiger partial charge in [0.2, 0.25) is 0 Å². The Labute approximate surface area is 94.5 Å². The molecule has 2 rings (SSSR count). The summed E-state index contributed by atoms with van der Waals surface area (Å²) >= 11 is 7.53. The molecule has 0 saturated heterocycles. The van der Waals surface area contributed by atoms with E-state index in [1.165, 1.54) is 30.7 Å². The van der Waals surface area contributed by atoms with Crippen molar-refractivity contribution < 1.29 is 0 Å². The molecule has 1 nitrogen and oxygen atoms in total. The van der Waals surface area contributed by atoms with Gasteiger partial charge in [-0.15, -0.1) is 22.9 Å². The number of aromatic nitrogens is 1. The molecule has 0 unspecified atom stereocenters. The first-order valence-corrected chi connectivity index (χ1v) is 6.71. The third-order valence-electron chi connectivity index (χ3n) is 3.07. The first kappa shape index (κ1) is 10.4. The van der Waals surface area contributed by atoms with Crippen molar-refractivity contribution in [3.63, 3.8) is 0 Å². The molecular weight excluding hydrogens is 214 g/mol. The summed E-state index contributed by atoms with van der Waals surface area (Å²) in [5.41, 5.74) is 1.05. The number of halogens is 1. The molecule has 1 aliphatic carbocycles. The highest BCUT2D eigenvalue weighted by atomic mass is 35.5. The molecule has 1 saturated carbocycles. The summed E-state index contributed by atoms with van der Waals surface area (Å²) in [5.74, 6) is 2.19. The normalized spacial score (nSPS) is 27.9. The van der Waals surface area contributed by atoms with E-state index < -0.39 is 0 Å². The minimum atomic E-state index is 0.555. The molecule has 3 heteroatoms. The first-order chi connectivity index (χ1) is 6.79. The number of thiazole rings is 1. The van der Waals surface area contributed by atoms with Gasteiger partial charge in [0.25, 0.3) is 0 Å². The second-order valence-corrected chi connectivity index (χ2v) is 5.42. The van der Waals surface area contributed by atoms with Crippen molar-refractivity contribution in [3.8, 4) is 0 Å². The Morgan fingerprint density at radius 3 is 2.71 bits per heavy atom. The van der Waals surface area contributed by atoms with Crippen molar-refractivity contribution in [2.75, 3.05) is 0 Å². The van der Waals surface area contributed by atoms with Crippen molar-refractivity contribution >= 4 is 22.9 Å². The molecule has 1 aromatic rings. The summed E-state index contributed by atoms with van der Waals surface area (Å²) in [4.78, 5) is 4.56. The molecule has 1 fully saturated rings. The zero-order valence-corrected chi connectivity index (χ0v) is 10.1. The van der Waals surface area contributed by atoms with Crippen LogP contribution in [0.2, 0.25) is 0 Å². The second-order valence-electron chi connectivity index (χ2n) is 4.27. The van der Waals surface area contributed by atoms with Crippen LogP contribution in [0, 0.1) is 5.92 Å². The molecular formula is C11H16ClNS. The maximum Gasteiger partial charge on any atom is 0.0959 e. The van der Waals surface area contributed by atoms with E-state index in [1.54, 1.807) is 11.3 Å². The summed E-state index contributed by atoms with van der Waals surface area (Å²) in [5, 5.41) is 3.41. The van der Waals surface area contributed by atoms with E-state index in [0.29, 0.717) is 11.8 Å². The third kappa shape index (κ3) is 2.29. The van der Waals surface area contributed by atoms with Crippen molar-refractivity contribution in [2.45, 2.75) is 44.4 Å². The molecule has 0 radical (unpaired) electrons. The van der Waals surface area contributed by atoms with Crippen LogP contribution in [0.25, 0.3) is 0 Å². The topological polar surface area (TPSA) is 12.9 Å². The predicted molar refractivity (Wildman–Crippen MR) is 62.0 cm³/mol. The molecule has 1 aromatic heterocycles. The zero-order valence-electron chi connectivity index (χ0n) is 8.50. The van der Waals surface area contributed by atoms with Crippen molar-refractivity contribution in [1.82, 2.24) is 4.98 Å². The fraction of sp³-hybridized carbons (Fsp3) is 0.727. The van der Waals surface area contributed by atoms with E-state index in [9.17, 15) is 0 Å². The van der Waals surface area contributed by atoms with Gasteiger partial charge in [0.15, 0.2) is 0 Å². The highest BCUT2D eigenvalue weighted by Crippen LogP contribution is 2.36. The summed E-state index contributed by atoms with van der Waals surface area (Å²) in [7, 11) is 0.